The fourth-order valence-electron chi connectivity index (χ4n) is 2.37. The van der Waals surface area contributed by atoms with E-state index in [1.807, 2.05) is 0 Å². The van der Waals surface area contributed by atoms with E-state index < -0.39 is 5.97 Å². The Balaban J connectivity index is 1.97. The standard InChI is InChI=1S/C11H18N6O3/c1-7(10-13-15-16-14-10)12-11(20)17-5-3-2-4-8(17)6-9(18)19/h7-8H,2-6H2,1H3,(H,12,20)(H,18,19)(H,13,14,15,16). The largest absolute Gasteiger partial charge is 0.481 e. The van der Waals surface area contributed by atoms with Crippen molar-refractivity contribution in [2.24, 2.45) is 0 Å². The molecule has 1 aromatic rings. The van der Waals surface area contributed by atoms with Gasteiger partial charge in [-0.2, -0.15) is 5.21 Å². The summed E-state index contributed by atoms with van der Waals surface area (Å²) in [6, 6.07) is -0.916. The third-order valence-electron chi connectivity index (χ3n) is 3.39. The molecule has 1 fully saturated rings. The molecule has 0 radical (unpaired) electrons. The van der Waals surface area contributed by atoms with Gasteiger partial charge in [0.2, 0.25) is 0 Å². The third-order valence-corrected chi connectivity index (χ3v) is 3.39. The van der Waals surface area contributed by atoms with Crippen LogP contribution in [-0.4, -0.2) is 55.2 Å². The van der Waals surface area contributed by atoms with E-state index in [2.05, 4.69) is 25.9 Å². The SMILES string of the molecule is CC(NC(=O)N1CCCCC1CC(=O)O)c1nn[nH]n1. The minimum atomic E-state index is -0.888. The lowest BCUT2D eigenvalue weighted by molar-refractivity contribution is -0.138. The Labute approximate surface area is 115 Å². The summed E-state index contributed by atoms with van der Waals surface area (Å²) in [6.45, 7) is 2.32. The number of aromatic nitrogens is 4. The number of carbonyl (C=O) groups is 2. The Bertz CT molecular complexity index is 463. The van der Waals surface area contributed by atoms with E-state index in [0.717, 1.165) is 19.3 Å². The minimum Gasteiger partial charge on any atom is -0.481 e. The predicted octanol–water partition coefficient (Wildman–Crippen LogP) is 0.299. The van der Waals surface area contributed by atoms with Crippen LogP contribution in [0.15, 0.2) is 0 Å². The van der Waals surface area contributed by atoms with Gasteiger partial charge < -0.3 is 15.3 Å². The summed E-state index contributed by atoms with van der Waals surface area (Å²) in [4.78, 5) is 24.7. The van der Waals surface area contributed by atoms with Crippen molar-refractivity contribution in [1.82, 2.24) is 30.8 Å². The molecule has 9 nitrogen and oxygen atoms in total. The fraction of sp³-hybridized carbons (Fsp3) is 0.727. The molecule has 1 aromatic heterocycles. The first-order valence-corrected chi connectivity index (χ1v) is 6.60. The molecular formula is C11H18N6O3. The maximum absolute atomic E-state index is 12.2. The van der Waals surface area contributed by atoms with Crippen LogP contribution in [0.5, 0.6) is 0 Å². The lowest BCUT2D eigenvalue weighted by atomic mass is 10.00. The summed E-state index contributed by atoms with van der Waals surface area (Å²) in [7, 11) is 0. The number of tetrazole rings is 1. The number of nitrogens with zero attached hydrogens (tertiary/aromatic N) is 4. The molecule has 2 rings (SSSR count). The van der Waals surface area contributed by atoms with E-state index in [1.54, 1.807) is 11.8 Å². The lowest BCUT2D eigenvalue weighted by Gasteiger charge is -2.35. The number of hydrogen-bond acceptors (Lipinski definition) is 5. The highest BCUT2D eigenvalue weighted by molar-refractivity contribution is 5.76. The van der Waals surface area contributed by atoms with Crippen molar-refractivity contribution in [3.8, 4) is 0 Å². The molecule has 1 aliphatic heterocycles. The van der Waals surface area contributed by atoms with E-state index in [4.69, 9.17) is 5.11 Å². The van der Waals surface area contributed by atoms with Gasteiger partial charge in [-0.1, -0.05) is 5.21 Å². The summed E-state index contributed by atoms with van der Waals surface area (Å²) in [5.74, 6) is -0.494. The Hall–Kier alpha value is -2.19. The second-order valence-electron chi connectivity index (χ2n) is 4.88. The number of hydrogen-bond donors (Lipinski definition) is 3. The van der Waals surface area contributed by atoms with Gasteiger partial charge in [-0.15, -0.1) is 10.2 Å². The summed E-state index contributed by atoms with van der Waals surface area (Å²) in [5.41, 5.74) is 0. The molecular weight excluding hydrogens is 264 g/mol. The smallest absolute Gasteiger partial charge is 0.318 e. The molecule has 20 heavy (non-hydrogen) atoms. The summed E-state index contributed by atoms with van der Waals surface area (Å²) >= 11 is 0. The number of H-pyrrole nitrogens is 1. The maximum atomic E-state index is 12.2. The topological polar surface area (TPSA) is 124 Å². The van der Waals surface area contributed by atoms with Crippen LogP contribution >= 0.6 is 0 Å². The highest BCUT2D eigenvalue weighted by atomic mass is 16.4. The molecule has 110 valence electrons. The highest BCUT2D eigenvalue weighted by Gasteiger charge is 2.29. The number of nitrogens with one attached hydrogen (secondary N) is 2. The van der Waals surface area contributed by atoms with Crippen molar-refractivity contribution in [2.75, 3.05) is 6.54 Å². The summed E-state index contributed by atoms with van der Waals surface area (Å²) in [5, 5.41) is 25.0. The fourth-order valence-corrected chi connectivity index (χ4v) is 2.37. The van der Waals surface area contributed by atoms with Gasteiger partial charge in [-0.25, -0.2) is 4.79 Å². The summed E-state index contributed by atoms with van der Waals surface area (Å²) in [6.07, 6.45) is 2.53. The molecule has 0 aromatic carbocycles. The van der Waals surface area contributed by atoms with E-state index in [9.17, 15) is 9.59 Å². The molecule has 1 aliphatic rings. The Morgan fingerprint density at radius 3 is 3.00 bits per heavy atom. The number of likely N-dealkylation sites (tertiary alicyclic amines) is 1. The van der Waals surface area contributed by atoms with Crippen molar-refractivity contribution in [1.29, 1.82) is 0 Å². The molecule has 1 saturated heterocycles. The Morgan fingerprint density at radius 1 is 1.55 bits per heavy atom. The van der Waals surface area contributed by atoms with Crippen molar-refractivity contribution < 1.29 is 14.7 Å². The third kappa shape index (κ3) is 3.43. The van der Waals surface area contributed by atoms with Crippen LogP contribution in [0.4, 0.5) is 4.79 Å². The molecule has 2 atom stereocenters. The monoisotopic (exact) mass is 282 g/mol. The number of carboxylic acids is 1. The summed E-state index contributed by atoms with van der Waals surface area (Å²) < 4.78 is 0. The van der Waals surface area contributed by atoms with Gasteiger partial charge >= 0.3 is 12.0 Å². The van der Waals surface area contributed by atoms with Gasteiger partial charge in [0.25, 0.3) is 0 Å². The minimum absolute atomic E-state index is 0.0238. The highest BCUT2D eigenvalue weighted by Crippen LogP contribution is 2.20. The predicted molar refractivity (Wildman–Crippen MR) is 67.7 cm³/mol. The lowest BCUT2D eigenvalue weighted by Crippen LogP contribution is -2.49. The van der Waals surface area contributed by atoms with Crippen LogP contribution in [0, 0.1) is 0 Å². The number of rotatable bonds is 4. The quantitative estimate of drug-likeness (QED) is 0.729. The molecule has 9 heteroatoms. The van der Waals surface area contributed by atoms with Crippen LogP contribution in [0.2, 0.25) is 0 Å². The zero-order chi connectivity index (χ0) is 14.5. The van der Waals surface area contributed by atoms with Crippen LogP contribution in [-0.2, 0) is 4.79 Å². The average Bonchev–Trinajstić information content (AvgIpc) is 2.92. The number of amides is 2. The second kappa shape index (κ2) is 6.31. The number of piperidine rings is 1. The number of aromatic amines is 1. The van der Waals surface area contributed by atoms with E-state index in [0.29, 0.717) is 12.4 Å². The van der Waals surface area contributed by atoms with Crippen LogP contribution < -0.4 is 5.32 Å². The maximum Gasteiger partial charge on any atom is 0.318 e. The molecule has 2 heterocycles. The van der Waals surface area contributed by atoms with Gasteiger partial charge in [-0.05, 0) is 26.2 Å². The van der Waals surface area contributed by atoms with Crippen molar-refractivity contribution >= 4 is 12.0 Å². The van der Waals surface area contributed by atoms with Gasteiger partial charge in [0.1, 0.15) is 0 Å². The molecule has 2 unspecified atom stereocenters. The first-order chi connectivity index (χ1) is 9.58. The van der Waals surface area contributed by atoms with Gasteiger partial charge in [-0.3, -0.25) is 4.79 Å². The number of carboxylic acid groups (broad SMARTS) is 1. The number of carbonyl (C=O) groups excluding carboxylic acids is 1. The van der Waals surface area contributed by atoms with Crippen LogP contribution in [0.1, 0.15) is 44.5 Å². The van der Waals surface area contributed by atoms with Crippen LogP contribution in [0.3, 0.4) is 0 Å². The Kier molecular flexibility index (Phi) is 4.49. The molecule has 3 N–H and O–H groups in total. The van der Waals surface area contributed by atoms with Gasteiger partial charge in [0.05, 0.1) is 12.5 Å². The van der Waals surface area contributed by atoms with E-state index in [1.165, 1.54) is 0 Å². The Morgan fingerprint density at radius 2 is 2.35 bits per heavy atom. The molecule has 0 saturated carbocycles. The van der Waals surface area contributed by atoms with E-state index in [-0.39, 0.29) is 24.5 Å². The van der Waals surface area contributed by atoms with Crippen molar-refractivity contribution in [3.05, 3.63) is 5.82 Å². The normalized spacial score (nSPS) is 20.4. The zero-order valence-corrected chi connectivity index (χ0v) is 11.2. The second-order valence-corrected chi connectivity index (χ2v) is 4.88. The van der Waals surface area contributed by atoms with Gasteiger partial charge in [0, 0.05) is 12.6 Å². The number of aliphatic carboxylic acids is 1. The van der Waals surface area contributed by atoms with E-state index >= 15 is 0 Å². The molecule has 0 bridgehead atoms. The van der Waals surface area contributed by atoms with Crippen molar-refractivity contribution in [3.63, 3.8) is 0 Å². The molecule has 0 spiro atoms. The van der Waals surface area contributed by atoms with Crippen molar-refractivity contribution in [2.45, 2.75) is 44.7 Å². The average molecular weight is 282 g/mol. The zero-order valence-electron chi connectivity index (χ0n) is 11.2. The number of urea groups is 1. The molecule has 0 aliphatic carbocycles. The first kappa shape index (κ1) is 14.2. The molecule has 2 amide bonds. The van der Waals surface area contributed by atoms with Gasteiger partial charge in [0.15, 0.2) is 5.82 Å². The van der Waals surface area contributed by atoms with Crippen LogP contribution in [0.25, 0.3) is 0 Å². The first-order valence-electron chi connectivity index (χ1n) is 6.60.